The number of nitriles is 2. The second kappa shape index (κ2) is 6.88. The van der Waals surface area contributed by atoms with Gasteiger partial charge in [-0.2, -0.15) is 10.5 Å². The molecule has 3 heteroatoms. The third kappa shape index (κ3) is 4.93. The molecular weight excluding hydrogens is 216 g/mol. The Labute approximate surface area is 81.6 Å². The zero-order valence-electron chi connectivity index (χ0n) is 7.05. The van der Waals surface area contributed by atoms with Gasteiger partial charge in [0.05, 0.1) is 0 Å². The second-order valence-corrected chi connectivity index (χ2v) is 3.64. The average molecular weight is 227 g/mol. The first-order chi connectivity index (χ1) is 5.74. The largest absolute Gasteiger partial charge is 0.192 e. The Hall–Kier alpha value is -0.800. The number of hydrogen-bond acceptors (Lipinski definition) is 2. The van der Waals surface area contributed by atoms with E-state index in [1.807, 2.05) is 12.1 Å². The summed E-state index contributed by atoms with van der Waals surface area (Å²) in [5.41, 5.74) is 0.188. The topological polar surface area (TPSA) is 47.6 Å². The Kier molecular flexibility index (Phi) is 6.42. The van der Waals surface area contributed by atoms with E-state index in [9.17, 15) is 0 Å². The third-order valence-electron chi connectivity index (χ3n) is 1.42. The number of nitrogens with zero attached hydrogens (tertiary/aromatic N) is 2. The van der Waals surface area contributed by atoms with E-state index in [0.29, 0.717) is 0 Å². The van der Waals surface area contributed by atoms with Gasteiger partial charge in [-0.25, -0.2) is 0 Å². The molecule has 0 saturated carbocycles. The highest BCUT2D eigenvalue weighted by molar-refractivity contribution is 9.09. The summed E-state index contributed by atoms with van der Waals surface area (Å²) < 4.78 is 0. The van der Waals surface area contributed by atoms with Crippen molar-refractivity contribution in [2.75, 3.05) is 0 Å². The lowest BCUT2D eigenvalue weighted by atomic mass is 10.1. The predicted octanol–water partition coefficient (Wildman–Crippen LogP) is 2.91. The highest BCUT2D eigenvalue weighted by Crippen LogP contribution is 2.12. The van der Waals surface area contributed by atoms with Crippen LogP contribution in [0.1, 0.15) is 26.2 Å². The molecule has 0 saturated heterocycles. The van der Waals surface area contributed by atoms with Gasteiger partial charge in [0.2, 0.25) is 0 Å². The van der Waals surface area contributed by atoms with Gasteiger partial charge in [0.1, 0.15) is 17.7 Å². The molecular formula is C9H11BrN2. The quantitative estimate of drug-likeness (QED) is 0.547. The molecule has 0 aliphatic rings. The summed E-state index contributed by atoms with van der Waals surface area (Å²) in [7, 11) is 0. The van der Waals surface area contributed by atoms with Crippen molar-refractivity contribution in [3.8, 4) is 12.1 Å². The van der Waals surface area contributed by atoms with Gasteiger partial charge >= 0.3 is 0 Å². The molecule has 0 bridgehead atoms. The minimum Gasteiger partial charge on any atom is -0.192 e. The Morgan fingerprint density at radius 3 is 2.50 bits per heavy atom. The van der Waals surface area contributed by atoms with Crippen molar-refractivity contribution in [2.45, 2.75) is 31.0 Å². The van der Waals surface area contributed by atoms with E-state index in [1.54, 1.807) is 6.08 Å². The molecule has 0 aromatic carbocycles. The van der Waals surface area contributed by atoms with E-state index in [2.05, 4.69) is 22.9 Å². The molecule has 12 heavy (non-hydrogen) atoms. The molecule has 64 valence electrons. The molecule has 0 aromatic heterocycles. The predicted molar refractivity (Wildman–Crippen MR) is 51.5 cm³/mol. The van der Waals surface area contributed by atoms with Gasteiger partial charge in [0.15, 0.2) is 0 Å². The molecule has 0 aliphatic heterocycles. The Balaban J connectivity index is 3.98. The molecule has 0 rings (SSSR count). The van der Waals surface area contributed by atoms with Crippen molar-refractivity contribution >= 4 is 15.9 Å². The van der Waals surface area contributed by atoms with Crippen LogP contribution in [0.2, 0.25) is 0 Å². The van der Waals surface area contributed by atoms with Crippen LogP contribution in [-0.2, 0) is 0 Å². The average Bonchev–Trinajstić information content (AvgIpc) is 2.10. The van der Waals surface area contributed by atoms with Crippen molar-refractivity contribution in [3.63, 3.8) is 0 Å². The molecule has 0 heterocycles. The molecule has 0 radical (unpaired) electrons. The Morgan fingerprint density at radius 1 is 1.50 bits per heavy atom. The van der Waals surface area contributed by atoms with E-state index < -0.39 is 0 Å². The second-order valence-electron chi connectivity index (χ2n) is 2.46. The Morgan fingerprint density at radius 2 is 2.08 bits per heavy atom. The number of rotatable bonds is 4. The summed E-state index contributed by atoms with van der Waals surface area (Å²) in [5.74, 6) is 0. The Bertz CT molecular complexity index is 216. The first kappa shape index (κ1) is 11.2. The first-order valence-electron chi connectivity index (χ1n) is 3.90. The van der Waals surface area contributed by atoms with Crippen molar-refractivity contribution in [3.05, 3.63) is 11.6 Å². The number of halogens is 1. The summed E-state index contributed by atoms with van der Waals surface area (Å²) >= 11 is 3.38. The van der Waals surface area contributed by atoms with Crippen LogP contribution in [0.3, 0.4) is 0 Å². The van der Waals surface area contributed by atoms with E-state index in [-0.39, 0.29) is 10.4 Å². The SMILES string of the molecule is CCCCC(Br)C=C(C#N)C#N. The summed E-state index contributed by atoms with van der Waals surface area (Å²) in [4.78, 5) is 0.159. The van der Waals surface area contributed by atoms with Crippen LogP contribution >= 0.6 is 15.9 Å². The van der Waals surface area contributed by atoms with Crippen LogP contribution in [0, 0.1) is 22.7 Å². The lowest BCUT2D eigenvalue weighted by molar-refractivity contribution is 0.742. The van der Waals surface area contributed by atoms with Gasteiger partial charge in [0, 0.05) is 4.83 Å². The number of alkyl halides is 1. The van der Waals surface area contributed by atoms with Crippen molar-refractivity contribution in [1.82, 2.24) is 0 Å². The van der Waals surface area contributed by atoms with Crippen LogP contribution in [0.5, 0.6) is 0 Å². The molecule has 0 spiro atoms. The summed E-state index contributed by atoms with van der Waals surface area (Å²) in [6.45, 7) is 2.11. The lowest BCUT2D eigenvalue weighted by Crippen LogP contribution is -1.93. The molecule has 0 aromatic rings. The third-order valence-corrected chi connectivity index (χ3v) is 2.14. The van der Waals surface area contributed by atoms with Crippen LogP contribution in [-0.4, -0.2) is 4.83 Å². The molecule has 0 amide bonds. The minimum absolute atomic E-state index is 0.159. The van der Waals surface area contributed by atoms with Crippen LogP contribution in [0.15, 0.2) is 11.6 Å². The molecule has 0 N–H and O–H groups in total. The molecule has 1 atom stereocenters. The highest BCUT2D eigenvalue weighted by atomic mass is 79.9. The van der Waals surface area contributed by atoms with Gasteiger partial charge in [-0.15, -0.1) is 0 Å². The van der Waals surface area contributed by atoms with E-state index in [1.165, 1.54) is 0 Å². The zero-order valence-corrected chi connectivity index (χ0v) is 8.63. The summed E-state index contributed by atoms with van der Waals surface area (Å²) in [5, 5.41) is 16.9. The van der Waals surface area contributed by atoms with Crippen molar-refractivity contribution < 1.29 is 0 Å². The van der Waals surface area contributed by atoms with Crippen LogP contribution in [0.4, 0.5) is 0 Å². The fourth-order valence-corrected chi connectivity index (χ4v) is 1.35. The molecule has 0 aliphatic carbocycles. The van der Waals surface area contributed by atoms with E-state index in [4.69, 9.17) is 10.5 Å². The standard InChI is InChI=1S/C9H11BrN2/c1-2-3-4-9(10)5-8(6-11)7-12/h5,9H,2-4H2,1H3. The highest BCUT2D eigenvalue weighted by Gasteiger charge is 2.01. The van der Waals surface area contributed by atoms with Gasteiger partial charge in [-0.1, -0.05) is 35.7 Å². The van der Waals surface area contributed by atoms with E-state index in [0.717, 1.165) is 19.3 Å². The van der Waals surface area contributed by atoms with Gasteiger partial charge in [-0.05, 0) is 12.5 Å². The van der Waals surface area contributed by atoms with Crippen LogP contribution in [0.25, 0.3) is 0 Å². The number of hydrogen-bond donors (Lipinski definition) is 0. The fraction of sp³-hybridized carbons (Fsp3) is 0.556. The van der Waals surface area contributed by atoms with Gasteiger partial charge < -0.3 is 0 Å². The maximum atomic E-state index is 8.44. The number of unbranched alkanes of at least 4 members (excludes halogenated alkanes) is 1. The smallest absolute Gasteiger partial charge is 0.126 e. The minimum atomic E-state index is 0.159. The maximum Gasteiger partial charge on any atom is 0.126 e. The van der Waals surface area contributed by atoms with E-state index >= 15 is 0 Å². The van der Waals surface area contributed by atoms with Crippen molar-refractivity contribution in [1.29, 1.82) is 10.5 Å². The monoisotopic (exact) mass is 226 g/mol. The maximum absolute atomic E-state index is 8.44. The molecule has 1 unspecified atom stereocenters. The summed E-state index contributed by atoms with van der Waals surface area (Å²) in [6.07, 6.45) is 4.87. The van der Waals surface area contributed by atoms with Gasteiger partial charge in [-0.3, -0.25) is 0 Å². The zero-order chi connectivity index (χ0) is 9.40. The van der Waals surface area contributed by atoms with Gasteiger partial charge in [0.25, 0.3) is 0 Å². The summed E-state index contributed by atoms with van der Waals surface area (Å²) in [6, 6.07) is 3.66. The van der Waals surface area contributed by atoms with Crippen molar-refractivity contribution in [2.24, 2.45) is 0 Å². The molecule has 0 fully saturated rings. The normalized spacial score (nSPS) is 11.0. The number of allylic oxidation sites excluding steroid dienone is 2. The lowest BCUT2D eigenvalue weighted by Gasteiger charge is -2.00. The fourth-order valence-electron chi connectivity index (χ4n) is 0.763. The van der Waals surface area contributed by atoms with Crippen LogP contribution < -0.4 is 0 Å². The molecule has 2 nitrogen and oxygen atoms in total. The first-order valence-corrected chi connectivity index (χ1v) is 4.82.